The van der Waals surface area contributed by atoms with Gasteiger partial charge in [-0.3, -0.25) is 0 Å². The number of aliphatic hydroxyl groups is 1. The minimum atomic E-state index is -3.89. The van der Waals surface area contributed by atoms with Crippen LogP contribution in [0.1, 0.15) is 11.0 Å². The number of nitrogens with one attached hydrogen (secondary N) is 1. The van der Waals surface area contributed by atoms with Crippen molar-refractivity contribution in [2.75, 3.05) is 6.54 Å². The summed E-state index contributed by atoms with van der Waals surface area (Å²) in [5, 5.41) is 10.6. The van der Waals surface area contributed by atoms with Gasteiger partial charge in [0.25, 0.3) is 0 Å². The van der Waals surface area contributed by atoms with Crippen molar-refractivity contribution in [1.82, 2.24) is 4.72 Å². The highest BCUT2D eigenvalue weighted by atomic mass is 35.5. The number of sulfonamides is 1. The Morgan fingerprint density at radius 2 is 2.00 bits per heavy atom. The first-order valence-electron chi connectivity index (χ1n) is 7.13. The van der Waals surface area contributed by atoms with Crippen molar-refractivity contribution in [1.29, 1.82) is 0 Å². The largest absolute Gasteiger partial charge is 0.464 e. The van der Waals surface area contributed by atoms with Crippen molar-refractivity contribution >= 4 is 44.6 Å². The first-order chi connectivity index (χ1) is 11.9. The number of hydrogen-bond donors (Lipinski definition) is 2. The van der Waals surface area contributed by atoms with Crippen LogP contribution in [0, 0.1) is 0 Å². The highest BCUT2D eigenvalue weighted by Crippen LogP contribution is 2.32. The van der Waals surface area contributed by atoms with Gasteiger partial charge in [0.2, 0.25) is 10.0 Å². The van der Waals surface area contributed by atoms with Gasteiger partial charge in [0.1, 0.15) is 16.8 Å². The van der Waals surface area contributed by atoms with Gasteiger partial charge in [-0.15, -0.1) is 11.3 Å². The zero-order valence-electron chi connectivity index (χ0n) is 12.6. The maximum absolute atomic E-state index is 12.4. The number of aliphatic hydroxyl groups excluding tert-OH is 1. The molecule has 3 aromatic rings. The lowest BCUT2D eigenvalue weighted by molar-refractivity contribution is 0.186. The van der Waals surface area contributed by atoms with Gasteiger partial charge in [0.05, 0.1) is 16.2 Å². The molecule has 0 saturated heterocycles. The van der Waals surface area contributed by atoms with Crippen LogP contribution < -0.4 is 4.72 Å². The molecular weight excluding hydrogens is 405 g/mol. The van der Waals surface area contributed by atoms with Crippen LogP contribution in [0.4, 0.5) is 0 Å². The topological polar surface area (TPSA) is 79.5 Å². The molecule has 3 rings (SSSR count). The van der Waals surface area contributed by atoms with Crippen LogP contribution in [0.3, 0.4) is 0 Å². The standard InChI is InChI=1S/C16H13Cl2NO4S2/c17-10-3-4-11(18)16(8-10)25(21,22)19-9-12(20)14-5-6-15(24-14)13-2-1-7-23-13/h1-8,12,19-20H,9H2. The van der Waals surface area contributed by atoms with Gasteiger partial charge in [0, 0.05) is 16.4 Å². The van der Waals surface area contributed by atoms with Crippen molar-refractivity contribution in [3.05, 3.63) is 63.7 Å². The summed E-state index contributed by atoms with van der Waals surface area (Å²) in [6.07, 6.45) is 0.565. The fourth-order valence-corrected chi connectivity index (χ4v) is 4.89. The molecule has 1 atom stereocenters. The predicted octanol–water partition coefficient (Wildman–Crippen LogP) is 4.33. The summed E-state index contributed by atoms with van der Waals surface area (Å²) in [4.78, 5) is 1.34. The first kappa shape index (κ1) is 18.4. The molecule has 132 valence electrons. The van der Waals surface area contributed by atoms with E-state index >= 15 is 0 Å². The van der Waals surface area contributed by atoms with Gasteiger partial charge >= 0.3 is 0 Å². The molecule has 0 fully saturated rings. The van der Waals surface area contributed by atoms with Crippen LogP contribution in [0.25, 0.3) is 10.6 Å². The van der Waals surface area contributed by atoms with Crippen LogP contribution in [0.2, 0.25) is 10.0 Å². The molecule has 0 radical (unpaired) electrons. The molecule has 0 spiro atoms. The molecule has 2 aromatic heterocycles. The quantitative estimate of drug-likeness (QED) is 0.625. The van der Waals surface area contributed by atoms with Gasteiger partial charge in [-0.05, 0) is 42.5 Å². The summed E-state index contributed by atoms with van der Waals surface area (Å²) in [5.74, 6) is 0.690. The normalized spacial score (nSPS) is 13.1. The number of rotatable bonds is 6. The van der Waals surface area contributed by atoms with E-state index in [4.69, 9.17) is 27.6 Å². The van der Waals surface area contributed by atoms with Crippen LogP contribution in [0.15, 0.2) is 58.0 Å². The zero-order valence-corrected chi connectivity index (χ0v) is 15.8. The van der Waals surface area contributed by atoms with E-state index in [0.717, 1.165) is 4.88 Å². The van der Waals surface area contributed by atoms with E-state index in [0.29, 0.717) is 10.6 Å². The molecule has 0 saturated carbocycles. The van der Waals surface area contributed by atoms with E-state index in [1.54, 1.807) is 18.4 Å². The molecule has 0 aliphatic rings. The first-order valence-corrected chi connectivity index (χ1v) is 10.2. The van der Waals surface area contributed by atoms with Gasteiger partial charge < -0.3 is 9.52 Å². The molecule has 25 heavy (non-hydrogen) atoms. The summed E-state index contributed by atoms with van der Waals surface area (Å²) < 4.78 is 32.4. The van der Waals surface area contributed by atoms with Crippen LogP contribution >= 0.6 is 34.5 Å². The van der Waals surface area contributed by atoms with E-state index in [1.807, 2.05) is 12.1 Å². The smallest absolute Gasteiger partial charge is 0.242 e. The SMILES string of the molecule is O=S(=O)(NCC(O)c1ccc(-c2ccco2)s1)c1cc(Cl)ccc1Cl. The predicted molar refractivity (Wildman–Crippen MR) is 98.6 cm³/mol. The van der Waals surface area contributed by atoms with E-state index < -0.39 is 16.1 Å². The third kappa shape index (κ3) is 4.25. The number of halogens is 2. The fourth-order valence-electron chi connectivity index (χ4n) is 2.13. The Bertz CT molecular complexity index is 968. The monoisotopic (exact) mass is 417 g/mol. The lowest BCUT2D eigenvalue weighted by Crippen LogP contribution is -2.28. The number of thiophene rings is 1. The van der Waals surface area contributed by atoms with Crippen LogP contribution in [0.5, 0.6) is 0 Å². The van der Waals surface area contributed by atoms with Crippen molar-refractivity contribution in [3.8, 4) is 10.6 Å². The molecular formula is C16H13Cl2NO4S2. The van der Waals surface area contributed by atoms with Crippen molar-refractivity contribution < 1.29 is 17.9 Å². The number of benzene rings is 1. The van der Waals surface area contributed by atoms with Crippen molar-refractivity contribution in [2.24, 2.45) is 0 Å². The van der Waals surface area contributed by atoms with E-state index in [-0.39, 0.29) is 21.5 Å². The zero-order chi connectivity index (χ0) is 18.0. The molecule has 0 aliphatic heterocycles. The van der Waals surface area contributed by atoms with Crippen LogP contribution in [-0.2, 0) is 10.0 Å². The summed E-state index contributed by atoms with van der Waals surface area (Å²) >= 11 is 13.1. The van der Waals surface area contributed by atoms with Crippen LogP contribution in [-0.4, -0.2) is 20.1 Å². The molecule has 2 N–H and O–H groups in total. The minimum Gasteiger partial charge on any atom is -0.464 e. The lowest BCUT2D eigenvalue weighted by Gasteiger charge is -2.12. The van der Waals surface area contributed by atoms with Crippen molar-refractivity contribution in [2.45, 2.75) is 11.0 Å². The Morgan fingerprint density at radius 3 is 2.72 bits per heavy atom. The molecule has 1 aromatic carbocycles. The average molecular weight is 418 g/mol. The Kier molecular flexibility index (Phi) is 5.52. The summed E-state index contributed by atoms with van der Waals surface area (Å²) in [7, 11) is -3.89. The summed E-state index contributed by atoms with van der Waals surface area (Å²) in [6, 6.07) is 11.3. The van der Waals surface area contributed by atoms with Gasteiger partial charge in [-0.2, -0.15) is 0 Å². The summed E-state index contributed by atoms with van der Waals surface area (Å²) in [5.41, 5.74) is 0. The highest BCUT2D eigenvalue weighted by Gasteiger charge is 2.21. The molecule has 1 unspecified atom stereocenters. The van der Waals surface area contributed by atoms with E-state index in [1.165, 1.54) is 29.5 Å². The van der Waals surface area contributed by atoms with Gasteiger partial charge in [0.15, 0.2) is 0 Å². The van der Waals surface area contributed by atoms with E-state index in [2.05, 4.69) is 4.72 Å². The fraction of sp³-hybridized carbons (Fsp3) is 0.125. The molecule has 5 nitrogen and oxygen atoms in total. The Balaban J connectivity index is 1.71. The Labute approximate surface area is 158 Å². The molecule has 0 bridgehead atoms. The maximum Gasteiger partial charge on any atom is 0.242 e. The highest BCUT2D eigenvalue weighted by molar-refractivity contribution is 7.89. The van der Waals surface area contributed by atoms with E-state index in [9.17, 15) is 13.5 Å². The third-order valence-corrected chi connectivity index (χ3v) is 6.71. The number of furan rings is 1. The molecule has 0 aliphatic carbocycles. The second-order valence-electron chi connectivity index (χ2n) is 5.12. The minimum absolute atomic E-state index is 0.0580. The second kappa shape index (κ2) is 7.49. The summed E-state index contributed by atoms with van der Waals surface area (Å²) in [6.45, 7) is -0.191. The van der Waals surface area contributed by atoms with Gasteiger partial charge in [-0.25, -0.2) is 13.1 Å². The Hall–Kier alpha value is -1.35. The third-order valence-electron chi connectivity index (χ3n) is 3.37. The molecule has 0 amide bonds. The molecule has 2 heterocycles. The Morgan fingerprint density at radius 1 is 1.20 bits per heavy atom. The second-order valence-corrected chi connectivity index (χ2v) is 8.82. The molecule has 9 heteroatoms. The van der Waals surface area contributed by atoms with Crippen molar-refractivity contribution in [3.63, 3.8) is 0 Å². The van der Waals surface area contributed by atoms with Gasteiger partial charge in [-0.1, -0.05) is 23.2 Å². The number of hydrogen-bond acceptors (Lipinski definition) is 5. The lowest BCUT2D eigenvalue weighted by atomic mass is 10.3. The maximum atomic E-state index is 12.4. The average Bonchev–Trinajstić information content (AvgIpc) is 3.25.